The highest BCUT2D eigenvalue weighted by Crippen LogP contribution is 2.17. The highest BCUT2D eigenvalue weighted by atomic mass is 16.5. The Labute approximate surface area is 101 Å². The fraction of sp³-hybridized carbons (Fsp3) is 0.385. The summed E-state index contributed by atoms with van der Waals surface area (Å²) in [5.41, 5.74) is 0.977. The van der Waals surface area contributed by atoms with Crippen molar-refractivity contribution in [3.8, 4) is 11.4 Å². The van der Waals surface area contributed by atoms with E-state index in [2.05, 4.69) is 22.4 Å². The number of rotatable bonds is 5. The van der Waals surface area contributed by atoms with Crippen molar-refractivity contribution in [2.75, 3.05) is 6.54 Å². The molecule has 2 rings (SSSR count). The van der Waals surface area contributed by atoms with Crippen LogP contribution in [0, 0.1) is 0 Å². The lowest BCUT2D eigenvalue weighted by molar-refractivity contribution is 0.340. The van der Waals surface area contributed by atoms with Crippen LogP contribution >= 0.6 is 0 Å². The van der Waals surface area contributed by atoms with Crippen molar-refractivity contribution < 1.29 is 4.52 Å². The molecule has 0 saturated heterocycles. The van der Waals surface area contributed by atoms with Gasteiger partial charge < -0.3 is 9.84 Å². The number of nitrogens with one attached hydrogen (secondary N) is 1. The van der Waals surface area contributed by atoms with E-state index in [0.29, 0.717) is 11.7 Å². The second kappa shape index (κ2) is 5.59. The zero-order valence-corrected chi connectivity index (χ0v) is 10.2. The minimum absolute atomic E-state index is 0.0971. The number of nitrogens with zero attached hydrogens (tertiary/aromatic N) is 2. The van der Waals surface area contributed by atoms with Gasteiger partial charge in [-0.1, -0.05) is 42.4 Å². The van der Waals surface area contributed by atoms with Gasteiger partial charge in [0.05, 0.1) is 6.04 Å². The average molecular weight is 231 g/mol. The van der Waals surface area contributed by atoms with Crippen LogP contribution in [0.25, 0.3) is 11.4 Å². The van der Waals surface area contributed by atoms with Crippen LogP contribution in [0.3, 0.4) is 0 Å². The molecule has 0 amide bonds. The SMILES string of the molecule is CCCNC(C)c1nc(-c2ccccc2)no1. The monoisotopic (exact) mass is 231 g/mol. The van der Waals surface area contributed by atoms with Gasteiger partial charge in [0, 0.05) is 5.56 Å². The van der Waals surface area contributed by atoms with Crippen molar-refractivity contribution in [2.24, 2.45) is 0 Å². The van der Waals surface area contributed by atoms with Crippen LogP contribution in [0.15, 0.2) is 34.9 Å². The highest BCUT2D eigenvalue weighted by Gasteiger charge is 2.13. The summed E-state index contributed by atoms with van der Waals surface area (Å²) in [5, 5.41) is 7.31. The Kier molecular flexibility index (Phi) is 3.88. The predicted octanol–water partition coefficient (Wildman–Crippen LogP) is 2.80. The van der Waals surface area contributed by atoms with Gasteiger partial charge in [-0.3, -0.25) is 0 Å². The van der Waals surface area contributed by atoms with Crippen LogP contribution in [0.1, 0.15) is 32.2 Å². The molecule has 0 saturated carbocycles. The second-order valence-corrected chi connectivity index (χ2v) is 4.00. The largest absolute Gasteiger partial charge is 0.337 e. The summed E-state index contributed by atoms with van der Waals surface area (Å²) >= 11 is 0. The second-order valence-electron chi connectivity index (χ2n) is 4.00. The first-order valence-corrected chi connectivity index (χ1v) is 5.93. The zero-order chi connectivity index (χ0) is 12.1. The average Bonchev–Trinajstić information content (AvgIpc) is 2.86. The smallest absolute Gasteiger partial charge is 0.243 e. The molecule has 4 nitrogen and oxygen atoms in total. The molecule has 0 aliphatic carbocycles. The van der Waals surface area contributed by atoms with Crippen molar-refractivity contribution in [2.45, 2.75) is 26.3 Å². The highest BCUT2D eigenvalue weighted by molar-refractivity contribution is 5.53. The molecule has 2 aromatic rings. The van der Waals surface area contributed by atoms with E-state index in [1.807, 2.05) is 37.3 Å². The van der Waals surface area contributed by atoms with Crippen LogP contribution in [0.4, 0.5) is 0 Å². The summed E-state index contributed by atoms with van der Waals surface area (Å²) < 4.78 is 5.25. The molecule has 17 heavy (non-hydrogen) atoms. The summed E-state index contributed by atoms with van der Waals surface area (Å²) in [4.78, 5) is 4.39. The molecule has 1 aromatic heterocycles. The number of hydrogen-bond donors (Lipinski definition) is 1. The van der Waals surface area contributed by atoms with Crippen LogP contribution in [-0.2, 0) is 0 Å². The first-order valence-electron chi connectivity index (χ1n) is 5.93. The van der Waals surface area contributed by atoms with Gasteiger partial charge in [0.1, 0.15) is 0 Å². The molecule has 4 heteroatoms. The topological polar surface area (TPSA) is 51.0 Å². The molecular formula is C13H17N3O. The molecular weight excluding hydrogens is 214 g/mol. The predicted molar refractivity (Wildman–Crippen MR) is 66.4 cm³/mol. The van der Waals surface area contributed by atoms with E-state index < -0.39 is 0 Å². The lowest BCUT2D eigenvalue weighted by atomic mass is 10.2. The zero-order valence-electron chi connectivity index (χ0n) is 10.2. The van der Waals surface area contributed by atoms with E-state index in [9.17, 15) is 0 Å². The standard InChI is InChI=1S/C13H17N3O/c1-3-9-14-10(2)13-15-12(16-17-13)11-7-5-4-6-8-11/h4-8,10,14H,3,9H2,1-2H3. The molecule has 0 spiro atoms. The quantitative estimate of drug-likeness (QED) is 0.859. The van der Waals surface area contributed by atoms with E-state index in [1.165, 1.54) is 0 Å². The molecule has 0 fully saturated rings. The molecule has 1 atom stereocenters. The van der Waals surface area contributed by atoms with Crippen LogP contribution in [0.2, 0.25) is 0 Å². The maximum Gasteiger partial charge on any atom is 0.243 e. The molecule has 1 heterocycles. The molecule has 0 bridgehead atoms. The summed E-state index contributed by atoms with van der Waals surface area (Å²) in [5.74, 6) is 1.28. The van der Waals surface area contributed by atoms with Crippen LogP contribution in [0.5, 0.6) is 0 Å². The summed E-state index contributed by atoms with van der Waals surface area (Å²) in [6.07, 6.45) is 1.09. The number of aromatic nitrogens is 2. The van der Waals surface area contributed by atoms with Gasteiger partial charge in [0.25, 0.3) is 0 Å². The minimum Gasteiger partial charge on any atom is -0.337 e. The molecule has 0 aliphatic rings. The normalized spacial score (nSPS) is 12.6. The third kappa shape index (κ3) is 2.91. The first-order chi connectivity index (χ1) is 8.31. The molecule has 1 N–H and O–H groups in total. The van der Waals surface area contributed by atoms with Crippen molar-refractivity contribution in [3.05, 3.63) is 36.2 Å². The van der Waals surface area contributed by atoms with Gasteiger partial charge in [-0.05, 0) is 19.9 Å². The maximum atomic E-state index is 5.25. The van der Waals surface area contributed by atoms with Gasteiger partial charge in [0.2, 0.25) is 11.7 Å². The third-order valence-corrected chi connectivity index (χ3v) is 2.54. The summed E-state index contributed by atoms with van der Waals surface area (Å²) in [6.45, 7) is 5.10. The Hall–Kier alpha value is -1.68. The van der Waals surface area contributed by atoms with Gasteiger partial charge in [0.15, 0.2) is 0 Å². The van der Waals surface area contributed by atoms with Crippen LogP contribution < -0.4 is 5.32 Å². The summed E-state index contributed by atoms with van der Waals surface area (Å²) in [7, 11) is 0. The molecule has 1 aromatic carbocycles. The van der Waals surface area contributed by atoms with Gasteiger partial charge in [-0.2, -0.15) is 4.98 Å². The van der Waals surface area contributed by atoms with E-state index in [0.717, 1.165) is 18.5 Å². The van der Waals surface area contributed by atoms with Crippen molar-refractivity contribution in [3.63, 3.8) is 0 Å². The van der Waals surface area contributed by atoms with Gasteiger partial charge >= 0.3 is 0 Å². The maximum absolute atomic E-state index is 5.25. The van der Waals surface area contributed by atoms with E-state index >= 15 is 0 Å². The van der Waals surface area contributed by atoms with E-state index in [1.54, 1.807) is 0 Å². The minimum atomic E-state index is 0.0971. The molecule has 1 unspecified atom stereocenters. The Morgan fingerprint density at radius 2 is 2.06 bits per heavy atom. The first kappa shape index (κ1) is 11.8. The van der Waals surface area contributed by atoms with Gasteiger partial charge in [-0.25, -0.2) is 0 Å². The molecule has 0 aliphatic heterocycles. The van der Waals surface area contributed by atoms with E-state index in [4.69, 9.17) is 4.52 Å². The lowest BCUT2D eigenvalue weighted by Crippen LogP contribution is -2.19. The molecule has 90 valence electrons. The number of hydrogen-bond acceptors (Lipinski definition) is 4. The molecule has 0 radical (unpaired) electrons. The fourth-order valence-corrected chi connectivity index (χ4v) is 1.56. The van der Waals surface area contributed by atoms with Crippen molar-refractivity contribution in [1.29, 1.82) is 0 Å². The summed E-state index contributed by atoms with van der Waals surface area (Å²) in [6, 6.07) is 9.93. The van der Waals surface area contributed by atoms with Crippen molar-refractivity contribution in [1.82, 2.24) is 15.5 Å². The third-order valence-electron chi connectivity index (χ3n) is 2.54. The van der Waals surface area contributed by atoms with Gasteiger partial charge in [-0.15, -0.1) is 0 Å². The van der Waals surface area contributed by atoms with E-state index in [-0.39, 0.29) is 6.04 Å². The number of benzene rings is 1. The Morgan fingerprint density at radius 1 is 1.29 bits per heavy atom. The Balaban J connectivity index is 2.11. The lowest BCUT2D eigenvalue weighted by Gasteiger charge is -2.06. The Morgan fingerprint density at radius 3 is 2.76 bits per heavy atom. The Bertz CT molecular complexity index is 453. The van der Waals surface area contributed by atoms with Crippen molar-refractivity contribution >= 4 is 0 Å². The fourth-order valence-electron chi connectivity index (χ4n) is 1.56. The van der Waals surface area contributed by atoms with Crippen LogP contribution in [-0.4, -0.2) is 16.7 Å².